The Kier molecular flexibility index (Phi) is 3.96. The SMILES string of the molecule is Cc1ccc(S(=O)(=O)N2C[C@H](C(N)=O)Oc3ccccc32)cc1C. The van der Waals surface area contributed by atoms with Gasteiger partial charge in [-0.05, 0) is 49.2 Å². The van der Waals surface area contributed by atoms with Crippen LogP contribution in [0.3, 0.4) is 0 Å². The molecule has 7 heteroatoms. The van der Waals surface area contributed by atoms with Crippen molar-refractivity contribution in [3.63, 3.8) is 0 Å². The predicted molar refractivity (Wildman–Crippen MR) is 90.5 cm³/mol. The molecule has 0 aromatic heterocycles. The smallest absolute Gasteiger partial charge is 0.264 e. The van der Waals surface area contributed by atoms with Gasteiger partial charge in [-0.2, -0.15) is 0 Å². The van der Waals surface area contributed by atoms with Gasteiger partial charge in [0.05, 0.1) is 17.1 Å². The van der Waals surface area contributed by atoms with E-state index in [9.17, 15) is 13.2 Å². The lowest BCUT2D eigenvalue weighted by Crippen LogP contribution is -2.49. The summed E-state index contributed by atoms with van der Waals surface area (Å²) in [5.74, 6) is -0.384. The number of hydrogen-bond acceptors (Lipinski definition) is 4. The number of para-hydroxylation sites is 2. The van der Waals surface area contributed by atoms with Crippen molar-refractivity contribution in [2.75, 3.05) is 10.8 Å². The van der Waals surface area contributed by atoms with Crippen LogP contribution in [0.2, 0.25) is 0 Å². The zero-order valence-electron chi connectivity index (χ0n) is 13.4. The summed E-state index contributed by atoms with van der Waals surface area (Å²) in [6.07, 6.45) is -1.03. The molecule has 0 radical (unpaired) electrons. The summed E-state index contributed by atoms with van der Waals surface area (Å²) < 4.78 is 32.9. The maximum Gasteiger partial charge on any atom is 0.264 e. The van der Waals surface area contributed by atoms with Crippen molar-refractivity contribution < 1.29 is 17.9 Å². The van der Waals surface area contributed by atoms with Gasteiger partial charge in [0.15, 0.2) is 6.10 Å². The van der Waals surface area contributed by atoms with Crippen LogP contribution in [0.1, 0.15) is 11.1 Å². The molecule has 0 spiro atoms. The van der Waals surface area contributed by atoms with Crippen LogP contribution in [0.25, 0.3) is 0 Å². The predicted octanol–water partition coefficient (Wildman–Crippen LogP) is 1.75. The van der Waals surface area contributed by atoms with Gasteiger partial charge < -0.3 is 10.5 Å². The molecule has 126 valence electrons. The Morgan fingerprint density at radius 3 is 2.54 bits per heavy atom. The van der Waals surface area contributed by atoms with E-state index in [1.54, 1.807) is 42.5 Å². The Labute approximate surface area is 140 Å². The van der Waals surface area contributed by atoms with E-state index < -0.39 is 22.0 Å². The van der Waals surface area contributed by atoms with E-state index in [1.165, 1.54) is 4.31 Å². The van der Waals surface area contributed by atoms with E-state index in [-0.39, 0.29) is 11.4 Å². The number of carbonyl (C=O) groups is 1. The normalized spacial score (nSPS) is 17.1. The maximum atomic E-state index is 13.1. The summed E-state index contributed by atoms with van der Waals surface area (Å²) in [6.45, 7) is 3.62. The lowest BCUT2D eigenvalue weighted by Gasteiger charge is -2.34. The number of rotatable bonds is 3. The molecule has 0 bridgehead atoms. The minimum Gasteiger partial charge on any atom is -0.476 e. The number of sulfonamides is 1. The molecule has 1 heterocycles. The fraction of sp³-hybridized carbons (Fsp3) is 0.235. The third kappa shape index (κ3) is 2.71. The zero-order chi connectivity index (χ0) is 17.5. The second-order valence-electron chi connectivity index (χ2n) is 5.76. The van der Waals surface area contributed by atoms with Crippen LogP contribution in [0.5, 0.6) is 5.75 Å². The number of hydrogen-bond donors (Lipinski definition) is 1. The highest BCUT2D eigenvalue weighted by molar-refractivity contribution is 7.92. The van der Waals surface area contributed by atoms with Gasteiger partial charge in [-0.1, -0.05) is 18.2 Å². The molecule has 2 aromatic carbocycles. The van der Waals surface area contributed by atoms with Gasteiger partial charge in [-0.3, -0.25) is 9.10 Å². The number of carbonyl (C=O) groups excluding carboxylic acids is 1. The summed E-state index contributed by atoms with van der Waals surface area (Å²) in [5, 5.41) is 0. The van der Waals surface area contributed by atoms with Crippen LogP contribution in [0, 0.1) is 13.8 Å². The molecule has 2 N–H and O–H groups in total. The summed E-state index contributed by atoms with van der Waals surface area (Å²) >= 11 is 0. The van der Waals surface area contributed by atoms with Crippen molar-refractivity contribution in [3.05, 3.63) is 53.6 Å². The quantitative estimate of drug-likeness (QED) is 0.917. The molecule has 0 unspecified atom stereocenters. The van der Waals surface area contributed by atoms with Gasteiger partial charge >= 0.3 is 0 Å². The van der Waals surface area contributed by atoms with E-state index in [1.807, 2.05) is 13.8 Å². The highest BCUT2D eigenvalue weighted by Gasteiger charge is 2.36. The summed E-state index contributed by atoms with van der Waals surface area (Å²) in [7, 11) is -3.84. The van der Waals surface area contributed by atoms with E-state index in [0.717, 1.165) is 11.1 Å². The topological polar surface area (TPSA) is 89.7 Å². The first kappa shape index (κ1) is 16.3. The van der Waals surface area contributed by atoms with Gasteiger partial charge in [-0.15, -0.1) is 0 Å². The molecule has 0 aliphatic carbocycles. The van der Waals surface area contributed by atoms with E-state index in [4.69, 9.17) is 10.5 Å². The third-order valence-corrected chi connectivity index (χ3v) is 5.89. The van der Waals surface area contributed by atoms with Crippen molar-refractivity contribution in [3.8, 4) is 5.75 Å². The Morgan fingerprint density at radius 2 is 1.88 bits per heavy atom. The van der Waals surface area contributed by atoms with E-state index in [2.05, 4.69) is 0 Å². The number of nitrogens with two attached hydrogens (primary N) is 1. The summed E-state index contributed by atoms with van der Waals surface area (Å²) in [6, 6.07) is 11.6. The average Bonchev–Trinajstić information content (AvgIpc) is 2.56. The molecule has 1 aliphatic rings. The highest BCUT2D eigenvalue weighted by atomic mass is 32.2. The first-order valence-corrected chi connectivity index (χ1v) is 8.89. The summed E-state index contributed by atoms with van der Waals surface area (Å²) in [4.78, 5) is 11.7. The molecule has 2 aromatic rings. The fourth-order valence-corrected chi connectivity index (χ4v) is 4.14. The van der Waals surface area contributed by atoms with Gasteiger partial charge in [0.1, 0.15) is 5.75 Å². The van der Waals surface area contributed by atoms with Crippen LogP contribution in [0.4, 0.5) is 5.69 Å². The molecular formula is C17H18N2O4S. The van der Waals surface area contributed by atoms with Crippen LogP contribution >= 0.6 is 0 Å². The Morgan fingerprint density at radius 1 is 1.17 bits per heavy atom. The molecular weight excluding hydrogens is 328 g/mol. The molecule has 1 amide bonds. The number of nitrogens with zero attached hydrogens (tertiary/aromatic N) is 1. The molecule has 3 rings (SSSR count). The first-order chi connectivity index (χ1) is 11.3. The standard InChI is InChI=1S/C17H18N2O4S/c1-11-7-8-13(9-12(11)2)24(21,22)19-10-16(17(18)20)23-15-6-4-3-5-14(15)19/h3-9,16H,10H2,1-2H3,(H2,18,20)/t16-/m1/s1. The zero-order valence-corrected chi connectivity index (χ0v) is 14.2. The van der Waals surface area contributed by atoms with Gasteiger partial charge in [0.2, 0.25) is 0 Å². The second-order valence-corrected chi connectivity index (χ2v) is 7.62. The molecule has 1 aliphatic heterocycles. The van der Waals surface area contributed by atoms with E-state index in [0.29, 0.717) is 11.4 Å². The van der Waals surface area contributed by atoms with Crippen LogP contribution in [-0.4, -0.2) is 27.0 Å². The lowest BCUT2D eigenvalue weighted by molar-refractivity contribution is -0.124. The maximum absolute atomic E-state index is 13.1. The van der Waals surface area contributed by atoms with Gasteiger partial charge in [0.25, 0.3) is 15.9 Å². The van der Waals surface area contributed by atoms with Crippen LogP contribution < -0.4 is 14.8 Å². The van der Waals surface area contributed by atoms with E-state index >= 15 is 0 Å². The van der Waals surface area contributed by atoms with Crippen molar-refractivity contribution in [1.29, 1.82) is 0 Å². The van der Waals surface area contributed by atoms with Gasteiger partial charge in [-0.25, -0.2) is 8.42 Å². The second kappa shape index (κ2) is 5.83. The lowest BCUT2D eigenvalue weighted by atomic mass is 10.1. The monoisotopic (exact) mass is 346 g/mol. The molecule has 0 saturated heterocycles. The largest absolute Gasteiger partial charge is 0.476 e. The Bertz CT molecular complexity index is 909. The third-order valence-electron chi connectivity index (χ3n) is 4.12. The van der Waals surface area contributed by atoms with Crippen LogP contribution in [0.15, 0.2) is 47.4 Å². The molecule has 0 saturated carbocycles. The van der Waals surface area contributed by atoms with Crippen molar-refractivity contribution in [2.45, 2.75) is 24.8 Å². The minimum absolute atomic E-state index is 0.151. The molecule has 1 atom stereocenters. The number of anilines is 1. The average molecular weight is 346 g/mol. The first-order valence-electron chi connectivity index (χ1n) is 7.45. The Hall–Kier alpha value is -2.54. The molecule has 0 fully saturated rings. The molecule has 6 nitrogen and oxygen atoms in total. The Balaban J connectivity index is 2.12. The molecule has 24 heavy (non-hydrogen) atoms. The van der Waals surface area contributed by atoms with Crippen molar-refractivity contribution in [1.82, 2.24) is 0 Å². The number of fused-ring (bicyclic) bond motifs is 1. The number of primary amides is 1. The van der Waals surface area contributed by atoms with Crippen molar-refractivity contribution in [2.24, 2.45) is 5.73 Å². The van der Waals surface area contributed by atoms with Gasteiger partial charge in [0, 0.05) is 0 Å². The van der Waals surface area contributed by atoms with Crippen molar-refractivity contribution >= 4 is 21.6 Å². The summed E-state index contributed by atoms with van der Waals surface area (Å²) in [5.41, 5.74) is 7.61. The minimum atomic E-state index is -3.84. The number of aryl methyl sites for hydroxylation is 2. The fourth-order valence-electron chi connectivity index (χ4n) is 2.58. The van der Waals surface area contributed by atoms with Crippen LogP contribution in [-0.2, 0) is 14.8 Å². The number of amides is 1. The number of ether oxygens (including phenoxy) is 1. The number of benzene rings is 2. The highest BCUT2D eigenvalue weighted by Crippen LogP contribution is 2.36.